The van der Waals surface area contributed by atoms with Crippen LogP contribution in [0, 0.1) is 0 Å². The molecule has 0 spiro atoms. The van der Waals surface area contributed by atoms with Gasteiger partial charge in [0.25, 0.3) is 0 Å². The maximum absolute atomic E-state index is 10.7. The van der Waals surface area contributed by atoms with E-state index in [-0.39, 0.29) is 12.7 Å². The van der Waals surface area contributed by atoms with Gasteiger partial charge in [-0.05, 0) is 13.3 Å². The summed E-state index contributed by atoms with van der Waals surface area (Å²) < 4.78 is 9.79. The number of carbonyl (C=O) groups excluding carboxylic acids is 1. The fraction of sp³-hybridized carbons (Fsp3) is 0.667. The van der Waals surface area contributed by atoms with Gasteiger partial charge in [-0.1, -0.05) is 13.5 Å². The van der Waals surface area contributed by atoms with E-state index in [4.69, 9.17) is 14.6 Å². The number of aliphatic hydroxyl groups is 1. The van der Waals surface area contributed by atoms with Crippen molar-refractivity contribution in [2.24, 2.45) is 0 Å². The van der Waals surface area contributed by atoms with Gasteiger partial charge in [-0.15, -0.1) is 0 Å². The Morgan fingerprint density at radius 1 is 1.69 bits per heavy atom. The van der Waals surface area contributed by atoms with E-state index in [0.717, 1.165) is 6.08 Å². The lowest BCUT2D eigenvalue weighted by atomic mass is 10.3. The Bertz CT molecular complexity index is 165. The zero-order valence-corrected chi connectivity index (χ0v) is 8.03. The summed E-state index contributed by atoms with van der Waals surface area (Å²) in [5.74, 6) is -0.479. The Hall–Kier alpha value is -0.870. The zero-order valence-electron chi connectivity index (χ0n) is 8.03. The first-order valence-electron chi connectivity index (χ1n) is 4.22. The quantitative estimate of drug-likeness (QED) is 0.381. The number of carbonyl (C=O) groups is 1. The van der Waals surface area contributed by atoms with Gasteiger partial charge in [-0.2, -0.15) is 0 Å². The molecule has 0 bridgehead atoms. The first-order valence-corrected chi connectivity index (χ1v) is 4.22. The second-order valence-corrected chi connectivity index (χ2v) is 2.60. The molecule has 0 fully saturated rings. The second kappa shape index (κ2) is 6.62. The highest BCUT2D eigenvalue weighted by Crippen LogP contribution is 2.02. The molecule has 0 aliphatic rings. The van der Waals surface area contributed by atoms with E-state index in [1.54, 1.807) is 0 Å². The number of hydrogen-bond acceptors (Lipinski definition) is 4. The number of hydrogen-bond donors (Lipinski definition) is 1. The number of rotatable bonds is 6. The van der Waals surface area contributed by atoms with Crippen molar-refractivity contribution in [2.75, 3.05) is 6.61 Å². The summed E-state index contributed by atoms with van der Waals surface area (Å²) in [6.07, 6.45) is 0.668. The van der Waals surface area contributed by atoms with Crippen molar-refractivity contribution in [3.05, 3.63) is 12.7 Å². The molecule has 13 heavy (non-hydrogen) atoms. The smallest absolute Gasteiger partial charge is 0.330 e. The largest absolute Gasteiger partial charge is 0.460 e. The van der Waals surface area contributed by atoms with Crippen molar-refractivity contribution in [2.45, 2.75) is 32.7 Å². The molecule has 0 aliphatic carbocycles. The van der Waals surface area contributed by atoms with Crippen LogP contribution in [0.2, 0.25) is 0 Å². The van der Waals surface area contributed by atoms with Gasteiger partial charge in [0.2, 0.25) is 0 Å². The third-order valence-electron chi connectivity index (χ3n) is 1.42. The molecular weight excluding hydrogens is 172 g/mol. The Morgan fingerprint density at radius 3 is 2.69 bits per heavy atom. The van der Waals surface area contributed by atoms with Crippen molar-refractivity contribution in [1.29, 1.82) is 0 Å². The van der Waals surface area contributed by atoms with Crippen molar-refractivity contribution in [3.8, 4) is 0 Å². The highest BCUT2D eigenvalue weighted by Gasteiger charge is 2.11. The zero-order chi connectivity index (χ0) is 10.3. The maximum Gasteiger partial charge on any atom is 0.330 e. The second-order valence-electron chi connectivity index (χ2n) is 2.60. The van der Waals surface area contributed by atoms with Crippen LogP contribution in [-0.4, -0.2) is 30.1 Å². The standard InChI is InChI=1S/C9H16O4/c1-4-8(13-7(3)10)6-12-9(11)5-2/h5,7-8,10H,2,4,6H2,1,3H3. The third kappa shape index (κ3) is 6.31. The average Bonchev–Trinajstić information content (AvgIpc) is 2.10. The highest BCUT2D eigenvalue weighted by molar-refractivity contribution is 5.81. The Labute approximate surface area is 78.2 Å². The van der Waals surface area contributed by atoms with Crippen LogP contribution in [0.5, 0.6) is 0 Å². The predicted octanol–water partition coefficient (Wildman–Crippen LogP) is 0.849. The topological polar surface area (TPSA) is 55.8 Å². The average molecular weight is 188 g/mol. The number of esters is 1. The lowest BCUT2D eigenvalue weighted by molar-refractivity contribution is -0.158. The Balaban J connectivity index is 3.71. The molecule has 0 aromatic rings. The van der Waals surface area contributed by atoms with Crippen molar-refractivity contribution in [3.63, 3.8) is 0 Å². The minimum Gasteiger partial charge on any atom is -0.460 e. The van der Waals surface area contributed by atoms with Crippen LogP contribution in [0.1, 0.15) is 20.3 Å². The molecule has 0 aromatic heterocycles. The minimum absolute atomic E-state index is 0.145. The summed E-state index contributed by atoms with van der Waals surface area (Å²) in [6, 6.07) is 0. The number of ether oxygens (including phenoxy) is 2. The first-order chi connectivity index (χ1) is 6.10. The van der Waals surface area contributed by atoms with E-state index in [1.165, 1.54) is 6.92 Å². The van der Waals surface area contributed by atoms with E-state index in [1.807, 2.05) is 6.92 Å². The van der Waals surface area contributed by atoms with E-state index in [0.29, 0.717) is 6.42 Å². The Kier molecular flexibility index (Phi) is 6.18. The molecule has 0 amide bonds. The van der Waals surface area contributed by atoms with Gasteiger partial charge in [-0.3, -0.25) is 0 Å². The van der Waals surface area contributed by atoms with Crippen molar-refractivity contribution in [1.82, 2.24) is 0 Å². The monoisotopic (exact) mass is 188 g/mol. The maximum atomic E-state index is 10.7. The van der Waals surface area contributed by atoms with Crippen LogP contribution in [0.3, 0.4) is 0 Å². The van der Waals surface area contributed by atoms with Gasteiger partial charge in [0.05, 0.1) is 6.10 Å². The molecule has 4 nitrogen and oxygen atoms in total. The van der Waals surface area contributed by atoms with Crippen molar-refractivity contribution >= 4 is 5.97 Å². The fourth-order valence-corrected chi connectivity index (χ4v) is 0.766. The molecule has 0 saturated heterocycles. The molecule has 2 unspecified atom stereocenters. The van der Waals surface area contributed by atoms with E-state index in [2.05, 4.69) is 6.58 Å². The van der Waals surface area contributed by atoms with E-state index < -0.39 is 12.3 Å². The van der Waals surface area contributed by atoms with E-state index in [9.17, 15) is 4.79 Å². The molecule has 0 rings (SSSR count). The SMILES string of the molecule is C=CC(=O)OCC(CC)OC(C)O. The summed E-state index contributed by atoms with van der Waals surface area (Å²) in [5, 5.41) is 8.89. The van der Waals surface area contributed by atoms with Crippen LogP contribution in [-0.2, 0) is 14.3 Å². The molecule has 0 saturated carbocycles. The van der Waals surface area contributed by atoms with Gasteiger partial charge in [-0.25, -0.2) is 4.79 Å². The normalized spacial score (nSPS) is 14.7. The molecule has 0 heterocycles. The van der Waals surface area contributed by atoms with Crippen molar-refractivity contribution < 1.29 is 19.4 Å². The van der Waals surface area contributed by atoms with Crippen LogP contribution in [0.4, 0.5) is 0 Å². The fourth-order valence-electron chi connectivity index (χ4n) is 0.766. The molecule has 0 aromatic carbocycles. The molecule has 2 atom stereocenters. The lowest BCUT2D eigenvalue weighted by Gasteiger charge is -2.17. The summed E-state index contributed by atoms with van der Waals surface area (Å²) in [7, 11) is 0. The molecule has 76 valence electrons. The van der Waals surface area contributed by atoms with Gasteiger partial charge < -0.3 is 14.6 Å². The number of aliphatic hydroxyl groups excluding tert-OH is 1. The summed E-state index contributed by atoms with van der Waals surface area (Å²) in [5.41, 5.74) is 0. The van der Waals surface area contributed by atoms with Gasteiger partial charge in [0, 0.05) is 6.08 Å². The Morgan fingerprint density at radius 2 is 2.31 bits per heavy atom. The molecule has 4 heteroatoms. The van der Waals surface area contributed by atoms with Gasteiger partial charge >= 0.3 is 5.97 Å². The summed E-state index contributed by atoms with van der Waals surface area (Å²) >= 11 is 0. The van der Waals surface area contributed by atoms with E-state index >= 15 is 0 Å². The third-order valence-corrected chi connectivity index (χ3v) is 1.42. The first kappa shape index (κ1) is 12.1. The summed E-state index contributed by atoms with van der Waals surface area (Å²) in [6.45, 7) is 6.80. The summed E-state index contributed by atoms with van der Waals surface area (Å²) in [4.78, 5) is 10.7. The lowest BCUT2D eigenvalue weighted by Crippen LogP contribution is -2.25. The van der Waals surface area contributed by atoms with Crippen LogP contribution in [0.25, 0.3) is 0 Å². The molecule has 1 N–H and O–H groups in total. The minimum atomic E-state index is -0.840. The molecular formula is C9H16O4. The van der Waals surface area contributed by atoms with Gasteiger partial charge in [0.15, 0.2) is 6.29 Å². The molecule has 0 radical (unpaired) electrons. The van der Waals surface area contributed by atoms with Crippen LogP contribution < -0.4 is 0 Å². The van der Waals surface area contributed by atoms with Crippen LogP contribution in [0.15, 0.2) is 12.7 Å². The predicted molar refractivity (Wildman–Crippen MR) is 48.0 cm³/mol. The highest BCUT2D eigenvalue weighted by atomic mass is 16.6. The van der Waals surface area contributed by atoms with Gasteiger partial charge in [0.1, 0.15) is 6.61 Å². The molecule has 0 aliphatic heterocycles. The van der Waals surface area contributed by atoms with Crippen LogP contribution >= 0.6 is 0 Å².